The highest BCUT2D eigenvalue weighted by molar-refractivity contribution is 9.11. The van der Waals surface area contributed by atoms with Crippen LogP contribution in [0.1, 0.15) is 28.1 Å². The molecular weight excluding hydrogens is 319 g/mol. The number of amides is 1. The molecule has 0 aliphatic carbocycles. The first-order valence-electron chi connectivity index (χ1n) is 4.90. The second kappa shape index (κ2) is 5.86. The van der Waals surface area contributed by atoms with Crippen LogP contribution in [0.3, 0.4) is 0 Å². The third-order valence-electron chi connectivity index (χ3n) is 2.00. The molecule has 0 saturated carbocycles. The number of aryl methyl sites for hydroxylation is 1. The quantitative estimate of drug-likeness (QED) is 0.834. The second-order valence-electron chi connectivity index (χ2n) is 3.54. The van der Waals surface area contributed by atoms with Crippen LogP contribution in [0.2, 0.25) is 0 Å². The number of alkyl halides is 3. The van der Waals surface area contributed by atoms with Crippen LogP contribution in [0.25, 0.3) is 0 Å². The van der Waals surface area contributed by atoms with Crippen molar-refractivity contribution in [1.82, 2.24) is 5.32 Å². The highest BCUT2D eigenvalue weighted by Crippen LogP contribution is 2.27. The maximum atomic E-state index is 11.8. The summed E-state index contributed by atoms with van der Waals surface area (Å²) in [5.41, 5.74) is 0.940. The minimum atomic E-state index is -4.16. The van der Waals surface area contributed by atoms with Crippen molar-refractivity contribution >= 4 is 33.2 Å². The van der Waals surface area contributed by atoms with E-state index in [9.17, 15) is 18.0 Å². The molecule has 1 rings (SSSR count). The molecule has 96 valence electrons. The number of hydrogen-bond acceptors (Lipinski definition) is 2. The molecule has 1 amide bonds. The van der Waals surface area contributed by atoms with E-state index in [4.69, 9.17) is 0 Å². The predicted octanol–water partition coefficient (Wildman–Crippen LogP) is 3.89. The number of carbonyl (C=O) groups excluding carboxylic acids is 1. The third-order valence-corrected chi connectivity index (χ3v) is 4.14. The molecule has 0 saturated heterocycles. The normalized spacial score (nSPS) is 11.6. The van der Waals surface area contributed by atoms with Gasteiger partial charge in [0.25, 0.3) is 5.91 Å². The third kappa shape index (κ3) is 5.08. The number of rotatable bonds is 4. The summed E-state index contributed by atoms with van der Waals surface area (Å²) >= 11 is 4.55. The maximum absolute atomic E-state index is 11.8. The van der Waals surface area contributed by atoms with E-state index in [0.29, 0.717) is 4.88 Å². The summed E-state index contributed by atoms with van der Waals surface area (Å²) in [5, 5.41) is 2.46. The van der Waals surface area contributed by atoms with E-state index < -0.39 is 12.6 Å². The second-order valence-corrected chi connectivity index (χ2v) is 5.91. The van der Waals surface area contributed by atoms with Crippen LogP contribution in [0.5, 0.6) is 0 Å². The fraction of sp³-hybridized carbons (Fsp3) is 0.500. The fourth-order valence-corrected chi connectivity index (χ4v) is 2.60. The van der Waals surface area contributed by atoms with Gasteiger partial charge in [-0.15, -0.1) is 11.3 Å². The van der Waals surface area contributed by atoms with Gasteiger partial charge in [-0.05, 0) is 40.9 Å². The maximum Gasteiger partial charge on any atom is 0.389 e. The number of halogens is 4. The van der Waals surface area contributed by atoms with Gasteiger partial charge in [-0.3, -0.25) is 4.79 Å². The van der Waals surface area contributed by atoms with E-state index in [-0.39, 0.29) is 18.9 Å². The van der Waals surface area contributed by atoms with Crippen LogP contribution in [0.4, 0.5) is 13.2 Å². The molecule has 0 spiro atoms. The molecule has 1 heterocycles. The lowest BCUT2D eigenvalue weighted by Gasteiger charge is -2.06. The van der Waals surface area contributed by atoms with Crippen molar-refractivity contribution in [3.8, 4) is 0 Å². The summed E-state index contributed by atoms with van der Waals surface area (Å²) in [7, 11) is 0. The molecule has 0 fully saturated rings. The van der Waals surface area contributed by atoms with Crippen molar-refractivity contribution in [2.24, 2.45) is 0 Å². The number of hydrogen-bond donors (Lipinski definition) is 1. The zero-order valence-corrected chi connectivity index (χ0v) is 11.4. The average molecular weight is 330 g/mol. The number of carbonyl (C=O) groups is 1. The molecule has 0 atom stereocenters. The van der Waals surface area contributed by atoms with E-state index >= 15 is 0 Å². The molecule has 17 heavy (non-hydrogen) atoms. The molecular formula is C10H11BrF3NOS. The molecule has 0 aromatic carbocycles. The van der Waals surface area contributed by atoms with E-state index in [1.807, 2.05) is 6.92 Å². The fourth-order valence-electron chi connectivity index (χ4n) is 1.15. The van der Waals surface area contributed by atoms with Crippen molar-refractivity contribution in [3.63, 3.8) is 0 Å². The van der Waals surface area contributed by atoms with Crippen LogP contribution in [0.15, 0.2) is 9.85 Å². The van der Waals surface area contributed by atoms with Crippen molar-refractivity contribution < 1.29 is 18.0 Å². The summed E-state index contributed by atoms with van der Waals surface area (Å²) < 4.78 is 36.4. The van der Waals surface area contributed by atoms with Crippen LogP contribution in [-0.2, 0) is 0 Å². The van der Waals surface area contributed by atoms with Crippen molar-refractivity contribution in [2.75, 3.05) is 6.54 Å². The molecule has 2 nitrogen and oxygen atoms in total. The molecule has 7 heteroatoms. The molecule has 0 radical (unpaired) electrons. The summed E-state index contributed by atoms with van der Waals surface area (Å²) in [4.78, 5) is 12.0. The minimum absolute atomic E-state index is 0.0346. The van der Waals surface area contributed by atoms with E-state index in [0.717, 1.165) is 9.35 Å². The topological polar surface area (TPSA) is 29.1 Å². The van der Waals surface area contributed by atoms with E-state index in [2.05, 4.69) is 21.2 Å². The summed E-state index contributed by atoms with van der Waals surface area (Å²) in [6, 6.07) is 1.70. The zero-order chi connectivity index (χ0) is 13.1. The summed E-state index contributed by atoms with van der Waals surface area (Å²) in [5.74, 6) is -0.328. The Morgan fingerprint density at radius 1 is 1.53 bits per heavy atom. The van der Waals surface area contributed by atoms with E-state index in [1.165, 1.54) is 11.3 Å². The van der Waals surface area contributed by atoms with Crippen LogP contribution >= 0.6 is 27.3 Å². The highest BCUT2D eigenvalue weighted by Gasteiger charge is 2.26. The Bertz CT molecular complexity index is 383. The zero-order valence-electron chi connectivity index (χ0n) is 9.03. The van der Waals surface area contributed by atoms with Crippen LogP contribution in [-0.4, -0.2) is 18.6 Å². The molecule has 1 aromatic heterocycles. The van der Waals surface area contributed by atoms with Gasteiger partial charge < -0.3 is 5.32 Å². The number of thiophene rings is 1. The van der Waals surface area contributed by atoms with Crippen LogP contribution < -0.4 is 5.32 Å². The van der Waals surface area contributed by atoms with Crippen molar-refractivity contribution in [3.05, 3.63) is 20.3 Å². The van der Waals surface area contributed by atoms with Gasteiger partial charge in [-0.1, -0.05) is 0 Å². The predicted molar refractivity (Wildman–Crippen MR) is 64.4 cm³/mol. The molecule has 1 N–H and O–H groups in total. The average Bonchev–Trinajstić information content (AvgIpc) is 2.52. The van der Waals surface area contributed by atoms with Crippen molar-refractivity contribution in [2.45, 2.75) is 25.9 Å². The van der Waals surface area contributed by atoms with Gasteiger partial charge >= 0.3 is 6.18 Å². The SMILES string of the molecule is Cc1cc(C(=O)NCCCC(F)(F)F)sc1Br. The molecule has 0 aliphatic heterocycles. The standard InChI is InChI=1S/C10H11BrF3NOS/c1-6-5-7(17-8(6)11)9(16)15-4-2-3-10(12,13)14/h5H,2-4H2,1H3,(H,15,16). The van der Waals surface area contributed by atoms with E-state index in [1.54, 1.807) is 6.07 Å². The van der Waals surface area contributed by atoms with Gasteiger partial charge in [0.1, 0.15) is 0 Å². The number of nitrogens with one attached hydrogen (secondary N) is 1. The Labute approximate surface area is 109 Å². The first-order chi connectivity index (χ1) is 7.79. The molecule has 1 aromatic rings. The van der Waals surface area contributed by atoms with Gasteiger partial charge in [0.15, 0.2) is 0 Å². The summed E-state index contributed by atoms with van der Waals surface area (Å²) in [6.45, 7) is 1.88. The van der Waals surface area contributed by atoms with Gasteiger partial charge in [0, 0.05) is 13.0 Å². The van der Waals surface area contributed by atoms with Gasteiger partial charge in [0.2, 0.25) is 0 Å². The lowest BCUT2D eigenvalue weighted by molar-refractivity contribution is -0.135. The van der Waals surface area contributed by atoms with Gasteiger partial charge in [0.05, 0.1) is 8.66 Å². The molecule has 0 bridgehead atoms. The highest BCUT2D eigenvalue weighted by atomic mass is 79.9. The first-order valence-corrected chi connectivity index (χ1v) is 6.51. The minimum Gasteiger partial charge on any atom is -0.351 e. The van der Waals surface area contributed by atoms with Crippen molar-refractivity contribution in [1.29, 1.82) is 0 Å². The largest absolute Gasteiger partial charge is 0.389 e. The van der Waals surface area contributed by atoms with Gasteiger partial charge in [-0.25, -0.2) is 0 Å². The lowest BCUT2D eigenvalue weighted by atomic mass is 10.3. The Kier molecular flexibility index (Phi) is 5.00. The smallest absolute Gasteiger partial charge is 0.351 e. The van der Waals surface area contributed by atoms with Crippen LogP contribution in [0, 0.1) is 6.92 Å². The first kappa shape index (κ1) is 14.5. The molecule has 0 unspecified atom stereocenters. The van der Waals surface area contributed by atoms with Gasteiger partial charge in [-0.2, -0.15) is 13.2 Å². The monoisotopic (exact) mass is 329 g/mol. The lowest BCUT2D eigenvalue weighted by Crippen LogP contribution is -2.24. The Morgan fingerprint density at radius 3 is 2.65 bits per heavy atom. The Morgan fingerprint density at radius 2 is 2.18 bits per heavy atom. The Hall–Kier alpha value is -0.560. The Balaban J connectivity index is 2.35. The molecule has 0 aliphatic rings. The summed E-state index contributed by atoms with van der Waals surface area (Å²) in [6.07, 6.45) is -5.13.